The predicted octanol–water partition coefficient (Wildman–Crippen LogP) is 4.10. The predicted molar refractivity (Wildman–Crippen MR) is 91.5 cm³/mol. The Labute approximate surface area is 143 Å². The number of carbonyl (C=O) groups excluding carboxylic acids is 1. The van der Waals surface area contributed by atoms with Gasteiger partial charge in [-0.15, -0.1) is 0 Å². The van der Waals surface area contributed by atoms with Crippen LogP contribution in [0.15, 0.2) is 48.0 Å². The van der Waals surface area contributed by atoms with E-state index >= 15 is 0 Å². The summed E-state index contributed by atoms with van der Waals surface area (Å²) in [6.45, 7) is 1.88. The van der Waals surface area contributed by atoms with Crippen molar-refractivity contribution in [2.24, 2.45) is 0 Å². The van der Waals surface area contributed by atoms with Gasteiger partial charge >= 0.3 is 0 Å². The number of anilines is 1. The summed E-state index contributed by atoms with van der Waals surface area (Å²) >= 11 is 5.74. The van der Waals surface area contributed by atoms with Crippen LogP contribution in [0.5, 0.6) is 0 Å². The molecule has 0 heterocycles. The number of nitrogens with one attached hydrogen (secondary N) is 1. The van der Waals surface area contributed by atoms with Gasteiger partial charge in [-0.2, -0.15) is 5.26 Å². The molecule has 0 aromatic heterocycles. The minimum atomic E-state index is -0.626. The third-order valence-electron chi connectivity index (χ3n) is 3.12. The molecule has 2 aromatic rings. The monoisotopic (exact) mass is 341 g/mol. The van der Waals surface area contributed by atoms with E-state index in [1.54, 1.807) is 24.3 Å². The van der Waals surface area contributed by atoms with Gasteiger partial charge in [0.05, 0.1) is 4.92 Å². The lowest BCUT2D eigenvalue weighted by Gasteiger charge is -2.05. The van der Waals surface area contributed by atoms with Crippen LogP contribution in [-0.2, 0) is 4.79 Å². The van der Waals surface area contributed by atoms with Crippen molar-refractivity contribution in [2.45, 2.75) is 6.92 Å². The second-order valence-corrected chi connectivity index (χ2v) is 5.37. The van der Waals surface area contributed by atoms with E-state index in [4.69, 9.17) is 11.6 Å². The lowest BCUT2D eigenvalue weighted by atomic mass is 10.1. The largest absolute Gasteiger partial charge is 0.321 e. The van der Waals surface area contributed by atoms with E-state index in [2.05, 4.69) is 5.32 Å². The van der Waals surface area contributed by atoms with Gasteiger partial charge in [0.1, 0.15) is 16.7 Å². The van der Waals surface area contributed by atoms with E-state index in [9.17, 15) is 20.2 Å². The minimum Gasteiger partial charge on any atom is -0.321 e. The Balaban J connectivity index is 2.29. The SMILES string of the molecule is Cc1cccc(NC(=O)/C(C#N)=C/c2ccc(Cl)c([N+](=O)[O-])c2)c1. The van der Waals surface area contributed by atoms with Crippen LogP contribution in [0.2, 0.25) is 5.02 Å². The number of halogens is 1. The first kappa shape index (κ1) is 17.2. The number of hydrogen-bond acceptors (Lipinski definition) is 4. The average molecular weight is 342 g/mol. The molecule has 0 spiro atoms. The molecule has 120 valence electrons. The number of nitro groups is 1. The summed E-state index contributed by atoms with van der Waals surface area (Å²) in [4.78, 5) is 22.4. The zero-order valence-corrected chi connectivity index (χ0v) is 13.4. The Morgan fingerprint density at radius 3 is 2.71 bits per heavy atom. The van der Waals surface area contributed by atoms with Gasteiger partial charge in [-0.3, -0.25) is 14.9 Å². The molecule has 0 fully saturated rings. The van der Waals surface area contributed by atoms with Gasteiger partial charge in [0.25, 0.3) is 11.6 Å². The molecular formula is C17H12ClN3O3. The Bertz CT molecular complexity index is 885. The standard InChI is InChI=1S/C17H12ClN3O3/c1-11-3-2-4-14(7-11)20-17(22)13(10-19)8-12-5-6-15(18)16(9-12)21(23)24/h2-9H,1H3,(H,20,22)/b13-8+. The normalized spacial score (nSPS) is 10.8. The molecule has 2 rings (SSSR count). The molecule has 0 atom stereocenters. The van der Waals surface area contributed by atoms with E-state index in [0.29, 0.717) is 11.3 Å². The van der Waals surface area contributed by atoms with Crippen molar-refractivity contribution in [3.05, 3.63) is 74.3 Å². The quantitative estimate of drug-likeness (QED) is 0.392. The molecule has 0 unspecified atom stereocenters. The van der Waals surface area contributed by atoms with Gasteiger partial charge in [0.2, 0.25) is 0 Å². The number of nitrogens with zero attached hydrogens (tertiary/aromatic N) is 2. The van der Waals surface area contributed by atoms with Crippen molar-refractivity contribution in [3.63, 3.8) is 0 Å². The Hall–Kier alpha value is -3.17. The molecule has 24 heavy (non-hydrogen) atoms. The maximum absolute atomic E-state index is 12.2. The second-order valence-electron chi connectivity index (χ2n) is 4.96. The number of rotatable bonds is 4. The maximum atomic E-state index is 12.2. The summed E-state index contributed by atoms with van der Waals surface area (Å²) in [7, 11) is 0. The summed E-state index contributed by atoms with van der Waals surface area (Å²) < 4.78 is 0. The summed E-state index contributed by atoms with van der Waals surface area (Å²) in [5.74, 6) is -0.597. The van der Waals surface area contributed by atoms with Crippen molar-refractivity contribution in [1.82, 2.24) is 0 Å². The maximum Gasteiger partial charge on any atom is 0.288 e. The molecule has 0 aliphatic rings. The number of hydrogen-bond donors (Lipinski definition) is 1. The van der Waals surface area contributed by atoms with Crippen LogP contribution < -0.4 is 5.32 Å². The van der Waals surface area contributed by atoms with Crippen molar-refractivity contribution < 1.29 is 9.72 Å². The fourth-order valence-corrected chi connectivity index (χ4v) is 2.18. The van der Waals surface area contributed by atoms with E-state index in [-0.39, 0.29) is 16.3 Å². The van der Waals surface area contributed by atoms with Crippen LogP contribution in [-0.4, -0.2) is 10.8 Å². The van der Waals surface area contributed by atoms with Crippen LogP contribution >= 0.6 is 11.6 Å². The van der Waals surface area contributed by atoms with E-state index in [0.717, 1.165) is 5.56 Å². The van der Waals surface area contributed by atoms with Crippen LogP contribution in [0, 0.1) is 28.4 Å². The molecule has 6 nitrogen and oxygen atoms in total. The first-order chi connectivity index (χ1) is 11.4. The third-order valence-corrected chi connectivity index (χ3v) is 3.44. The van der Waals surface area contributed by atoms with Crippen LogP contribution in [0.3, 0.4) is 0 Å². The molecule has 2 aromatic carbocycles. The number of amides is 1. The van der Waals surface area contributed by atoms with Crippen molar-refractivity contribution >= 4 is 35.0 Å². The fourth-order valence-electron chi connectivity index (χ4n) is 2.00. The number of aryl methyl sites for hydroxylation is 1. The minimum absolute atomic E-state index is 0.0140. The summed E-state index contributed by atoms with van der Waals surface area (Å²) in [6, 6.07) is 13.0. The molecule has 0 aliphatic carbocycles. The smallest absolute Gasteiger partial charge is 0.288 e. The van der Waals surface area contributed by atoms with Gasteiger partial charge in [0.15, 0.2) is 0 Å². The second kappa shape index (κ2) is 7.40. The molecule has 0 aliphatic heterocycles. The number of nitro benzene ring substituents is 1. The topological polar surface area (TPSA) is 96.0 Å². The molecule has 1 amide bonds. The highest BCUT2D eigenvalue weighted by atomic mass is 35.5. The molecule has 0 bridgehead atoms. The highest BCUT2D eigenvalue weighted by molar-refractivity contribution is 6.32. The lowest BCUT2D eigenvalue weighted by molar-refractivity contribution is -0.384. The summed E-state index contributed by atoms with van der Waals surface area (Å²) in [5.41, 5.74) is 1.39. The highest BCUT2D eigenvalue weighted by Crippen LogP contribution is 2.26. The van der Waals surface area contributed by atoms with Gasteiger partial charge in [-0.25, -0.2) is 0 Å². The average Bonchev–Trinajstić information content (AvgIpc) is 2.53. The fraction of sp³-hybridized carbons (Fsp3) is 0.0588. The first-order valence-corrected chi connectivity index (χ1v) is 7.22. The third kappa shape index (κ3) is 4.18. The number of nitriles is 1. The molecule has 7 heteroatoms. The van der Waals surface area contributed by atoms with Gasteiger partial charge in [0, 0.05) is 11.8 Å². The molecule has 0 saturated carbocycles. The van der Waals surface area contributed by atoms with Crippen molar-refractivity contribution in [3.8, 4) is 6.07 Å². The van der Waals surface area contributed by atoms with Crippen LogP contribution in [0.1, 0.15) is 11.1 Å². The number of carbonyl (C=O) groups is 1. The lowest BCUT2D eigenvalue weighted by Crippen LogP contribution is -2.13. The van der Waals surface area contributed by atoms with E-state index < -0.39 is 10.8 Å². The highest BCUT2D eigenvalue weighted by Gasteiger charge is 2.14. The van der Waals surface area contributed by atoms with Gasteiger partial charge in [-0.1, -0.05) is 29.8 Å². The Morgan fingerprint density at radius 2 is 2.08 bits per heavy atom. The van der Waals surface area contributed by atoms with Gasteiger partial charge < -0.3 is 5.32 Å². The van der Waals surface area contributed by atoms with Gasteiger partial charge in [-0.05, 0) is 42.3 Å². The van der Waals surface area contributed by atoms with Crippen LogP contribution in [0.4, 0.5) is 11.4 Å². The molecule has 1 N–H and O–H groups in total. The molecule has 0 saturated heterocycles. The summed E-state index contributed by atoms with van der Waals surface area (Å²) in [6.07, 6.45) is 1.27. The van der Waals surface area contributed by atoms with Crippen LogP contribution in [0.25, 0.3) is 6.08 Å². The summed E-state index contributed by atoms with van der Waals surface area (Å²) in [5, 5.41) is 22.7. The van der Waals surface area contributed by atoms with Crippen molar-refractivity contribution in [1.29, 1.82) is 5.26 Å². The van der Waals surface area contributed by atoms with Crippen molar-refractivity contribution in [2.75, 3.05) is 5.32 Å². The van der Waals surface area contributed by atoms with E-state index in [1.165, 1.54) is 24.3 Å². The zero-order chi connectivity index (χ0) is 17.7. The Kier molecular flexibility index (Phi) is 5.30. The Morgan fingerprint density at radius 1 is 1.33 bits per heavy atom. The number of benzene rings is 2. The van der Waals surface area contributed by atoms with E-state index in [1.807, 2.05) is 13.0 Å². The zero-order valence-electron chi connectivity index (χ0n) is 12.6. The molecule has 0 radical (unpaired) electrons. The molecular weight excluding hydrogens is 330 g/mol. The first-order valence-electron chi connectivity index (χ1n) is 6.84.